The first-order valence-electron chi connectivity index (χ1n) is 6.75. The van der Waals surface area contributed by atoms with Gasteiger partial charge < -0.3 is 11.1 Å². The largest absolute Gasteiger partial charge is 0.398 e. The van der Waals surface area contributed by atoms with Crippen molar-refractivity contribution >= 4 is 11.6 Å². The van der Waals surface area contributed by atoms with E-state index in [2.05, 4.69) is 19.2 Å². The van der Waals surface area contributed by atoms with Gasteiger partial charge >= 0.3 is 0 Å². The van der Waals surface area contributed by atoms with E-state index in [0.717, 1.165) is 6.42 Å². The van der Waals surface area contributed by atoms with Crippen molar-refractivity contribution in [2.24, 2.45) is 11.8 Å². The SMILES string of the molecule is CC1CCCC(NC(=O)c2ccccc2N)C1C. The Morgan fingerprint density at radius 2 is 2.00 bits per heavy atom. The summed E-state index contributed by atoms with van der Waals surface area (Å²) in [6, 6.07) is 7.51. The zero-order valence-electron chi connectivity index (χ0n) is 11.1. The predicted octanol–water partition coefficient (Wildman–Crippen LogP) is 2.82. The van der Waals surface area contributed by atoms with E-state index in [1.165, 1.54) is 12.8 Å². The van der Waals surface area contributed by atoms with E-state index in [1.54, 1.807) is 12.1 Å². The molecule has 1 amide bonds. The minimum absolute atomic E-state index is 0.0425. The Morgan fingerprint density at radius 3 is 2.72 bits per heavy atom. The molecule has 1 aliphatic rings. The molecule has 3 nitrogen and oxygen atoms in total. The van der Waals surface area contributed by atoms with Gasteiger partial charge in [0.1, 0.15) is 0 Å². The van der Waals surface area contributed by atoms with Crippen LogP contribution in [0.3, 0.4) is 0 Å². The molecule has 0 aliphatic heterocycles. The molecule has 0 radical (unpaired) electrons. The van der Waals surface area contributed by atoms with Gasteiger partial charge in [0.15, 0.2) is 0 Å². The fourth-order valence-electron chi connectivity index (χ4n) is 2.74. The molecule has 3 unspecified atom stereocenters. The highest BCUT2D eigenvalue weighted by atomic mass is 16.1. The topological polar surface area (TPSA) is 55.1 Å². The van der Waals surface area contributed by atoms with Gasteiger partial charge in [-0.1, -0.05) is 38.8 Å². The van der Waals surface area contributed by atoms with Crippen molar-refractivity contribution in [3.63, 3.8) is 0 Å². The highest BCUT2D eigenvalue weighted by molar-refractivity contribution is 5.99. The Morgan fingerprint density at radius 1 is 1.28 bits per heavy atom. The Hall–Kier alpha value is -1.51. The van der Waals surface area contributed by atoms with Gasteiger partial charge in [0, 0.05) is 11.7 Å². The van der Waals surface area contributed by atoms with Gasteiger partial charge in [-0.2, -0.15) is 0 Å². The number of carbonyl (C=O) groups is 1. The third-order valence-electron chi connectivity index (χ3n) is 4.23. The second-order valence-corrected chi connectivity index (χ2v) is 5.43. The number of hydrogen-bond acceptors (Lipinski definition) is 2. The zero-order valence-corrected chi connectivity index (χ0v) is 11.1. The average Bonchev–Trinajstić information content (AvgIpc) is 2.35. The lowest BCUT2D eigenvalue weighted by molar-refractivity contribution is 0.0892. The minimum atomic E-state index is -0.0425. The van der Waals surface area contributed by atoms with Crippen LogP contribution in [0.4, 0.5) is 5.69 Å². The van der Waals surface area contributed by atoms with Gasteiger partial charge in [0.2, 0.25) is 0 Å². The highest BCUT2D eigenvalue weighted by Crippen LogP contribution is 2.29. The maximum absolute atomic E-state index is 12.2. The number of para-hydroxylation sites is 1. The fraction of sp³-hybridized carbons (Fsp3) is 0.533. The summed E-state index contributed by atoms with van der Waals surface area (Å²) in [6.45, 7) is 4.49. The maximum Gasteiger partial charge on any atom is 0.253 e. The molecule has 0 spiro atoms. The molecule has 2 rings (SSSR count). The molecule has 98 valence electrons. The van der Waals surface area contributed by atoms with Crippen LogP contribution in [0.15, 0.2) is 24.3 Å². The molecule has 0 bridgehead atoms. The van der Waals surface area contributed by atoms with E-state index in [-0.39, 0.29) is 11.9 Å². The van der Waals surface area contributed by atoms with E-state index in [4.69, 9.17) is 5.73 Å². The van der Waals surface area contributed by atoms with E-state index in [0.29, 0.717) is 23.1 Å². The number of benzene rings is 1. The number of anilines is 1. The molecule has 0 heterocycles. The molecule has 1 aliphatic carbocycles. The zero-order chi connectivity index (χ0) is 13.1. The standard InChI is InChI=1S/C15H22N2O/c1-10-6-5-9-14(11(10)2)17-15(18)12-7-3-4-8-13(12)16/h3-4,7-8,10-11,14H,5-6,9,16H2,1-2H3,(H,17,18). The van der Waals surface area contributed by atoms with Crippen LogP contribution in [0, 0.1) is 11.8 Å². The quantitative estimate of drug-likeness (QED) is 0.788. The van der Waals surface area contributed by atoms with E-state index in [9.17, 15) is 4.79 Å². The molecule has 3 N–H and O–H groups in total. The number of nitrogens with one attached hydrogen (secondary N) is 1. The van der Waals surface area contributed by atoms with Crippen molar-refractivity contribution in [3.8, 4) is 0 Å². The van der Waals surface area contributed by atoms with Crippen LogP contribution < -0.4 is 11.1 Å². The summed E-state index contributed by atoms with van der Waals surface area (Å²) in [5.74, 6) is 1.17. The summed E-state index contributed by atoms with van der Waals surface area (Å²) in [5.41, 5.74) is 6.96. The summed E-state index contributed by atoms with van der Waals surface area (Å²) >= 11 is 0. The Kier molecular flexibility index (Phi) is 3.90. The molecular formula is C15H22N2O. The molecule has 0 saturated heterocycles. The van der Waals surface area contributed by atoms with Gasteiger partial charge in [-0.25, -0.2) is 0 Å². The van der Waals surface area contributed by atoms with Crippen LogP contribution >= 0.6 is 0 Å². The molecule has 1 aromatic rings. The third kappa shape index (κ3) is 2.66. The normalized spacial score (nSPS) is 27.8. The Balaban J connectivity index is 2.05. The first-order chi connectivity index (χ1) is 8.59. The minimum Gasteiger partial charge on any atom is -0.398 e. The second kappa shape index (κ2) is 5.42. The first-order valence-corrected chi connectivity index (χ1v) is 6.75. The van der Waals surface area contributed by atoms with E-state index in [1.807, 2.05) is 12.1 Å². The molecule has 18 heavy (non-hydrogen) atoms. The van der Waals surface area contributed by atoms with Crippen molar-refractivity contribution in [3.05, 3.63) is 29.8 Å². The summed E-state index contributed by atoms with van der Waals surface area (Å²) in [6.07, 6.45) is 3.53. The van der Waals surface area contributed by atoms with E-state index >= 15 is 0 Å². The lowest BCUT2D eigenvalue weighted by atomic mass is 9.78. The van der Waals surface area contributed by atoms with Gasteiger partial charge in [0.05, 0.1) is 5.56 Å². The highest BCUT2D eigenvalue weighted by Gasteiger charge is 2.28. The van der Waals surface area contributed by atoms with Crippen LogP contribution in [0.5, 0.6) is 0 Å². The molecule has 1 fully saturated rings. The van der Waals surface area contributed by atoms with Crippen LogP contribution in [0.1, 0.15) is 43.5 Å². The lowest BCUT2D eigenvalue weighted by Crippen LogP contribution is -2.43. The monoisotopic (exact) mass is 246 g/mol. The van der Waals surface area contributed by atoms with Crippen molar-refractivity contribution in [1.29, 1.82) is 0 Å². The number of amides is 1. The first kappa shape index (κ1) is 12.9. The Labute approximate surface area is 109 Å². The fourth-order valence-corrected chi connectivity index (χ4v) is 2.74. The molecule has 3 atom stereocenters. The number of rotatable bonds is 2. The Bertz CT molecular complexity index is 430. The lowest BCUT2D eigenvalue weighted by Gasteiger charge is -2.34. The third-order valence-corrected chi connectivity index (χ3v) is 4.23. The molecule has 0 aromatic heterocycles. The van der Waals surface area contributed by atoms with Gasteiger partial charge in [0.25, 0.3) is 5.91 Å². The molecular weight excluding hydrogens is 224 g/mol. The van der Waals surface area contributed by atoms with Crippen molar-refractivity contribution in [1.82, 2.24) is 5.32 Å². The summed E-state index contributed by atoms with van der Waals surface area (Å²) in [5, 5.41) is 3.14. The number of nitrogen functional groups attached to an aromatic ring is 1. The molecule has 1 aromatic carbocycles. The van der Waals surface area contributed by atoms with Gasteiger partial charge in [-0.05, 0) is 30.4 Å². The number of carbonyl (C=O) groups excluding carboxylic acids is 1. The maximum atomic E-state index is 12.2. The summed E-state index contributed by atoms with van der Waals surface area (Å²) in [7, 11) is 0. The van der Waals surface area contributed by atoms with Crippen LogP contribution in [-0.4, -0.2) is 11.9 Å². The smallest absolute Gasteiger partial charge is 0.253 e. The van der Waals surface area contributed by atoms with Crippen molar-refractivity contribution < 1.29 is 4.79 Å². The van der Waals surface area contributed by atoms with Gasteiger partial charge in [-0.3, -0.25) is 4.79 Å². The summed E-state index contributed by atoms with van der Waals surface area (Å²) in [4.78, 5) is 12.2. The van der Waals surface area contributed by atoms with Crippen LogP contribution in [0.2, 0.25) is 0 Å². The van der Waals surface area contributed by atoms with Crippen LogP contribution in [-0.2, 0) is 0 Å². The van der Waals surface area contributed by atoms with E-state index < -0.39 is 0 Å². The van der Waals surface area contributed by atoms with Crippen LogP contribution in [0.25, 0.3) is 0 Å². The summed E-state index contributed by atoms with van der Waals surface area (Å²) < 4.78 is 0. The predicted molar refractivity (Wildman–Crippen MR) is 74.3 cm³/mol. The average molecular weight is 246 g/mol. The van der Waals surface area contributed by atoms with Crippen molar-refractivity contribution in [2.45, 2.75) is 39.2 Å². The number of nitrogens with two attached hydrogens (primary N) is 1. The van der Waals surface area contributed by atoms with Gasteiger partial charge in [-0.15, -0.1) is 0 Å². The van der Waals surface area contributed by atoms with Crippen molar-refractivity contribution in [2.75, 3.05) is 5.73 Å². The molecule has 3 heteroatoms. The molecule has 1 saturated carbocycles. The number of hydrogen-bond donors (Lipinski definition) is 2. The second-order valence-electron chi connectivity index (χ2n) is 5.43.